The van der Waals surface area contributed by atoms with Crippen LogP contribution in [0.25, 0.3) is 0 Å². The van der Waals surface area contributed by atoms with Gasteiger partial charge in [-0.3, -0.25) is 14.4 Å². The molecule has 134 valence electrons. The molecule has 26 heavy (non-hydrogen) atoms. The molecule has 1 N–H and O–H groups in total. The van der Waals surface area contributed by atoms with E-state index in [0.29, 0.717) is 16.4 Å². The first-order valence-electron chi connectivity index (χ1n) is 7.73. The maximum atomic E-state index is 12.5. The van der Waals surface area contributed by atoms with E-state index in [-0.39, 0.29) is 29.9 Å². The van der Waals surface area contributed by atoms with Gasteiger partial charge in [-0.25, -0.2) is 4.90 Å². The van der Waals surface area contributed by atoms with Crippen LogP contribution in [0.3, 0.4) is 0 Å². The van der Waals surface area contributed by atoms with E-state index in [1.54, 1.807) is 48.5 Å². The quantitative estimate of drug-likeness (QED) is 0.692. The lowest BCUT2D eigenvalue weighted by Crippen LogP contribution is -2.31. The van der Waals surface area contributed by atoms with Crippen LogP contribution in [0.5, 0.6) is 0 Å². The van der Waals surface area contributed by atoms with Crippen LogP contribution in [0.2, 0.25) is 5.02 Å². The zero-order valence-electron chi connectivity index (χ0n) is 13.4. The fraction of sp³-hybridized carbons (Fsp3) is 0.167. The van der Waals surface area contributed by atoms with Crippen molar-refractivity contribution in [3.8, 4) is 0 Å². The summed E-state index contributed by atoms with van der Waals surface area (Å²) >= 11 is 10.3. The van der Waals surface area contributed by atoms with Gasteiger partial charge in [-0.1, -0.05) is 27.5 Å². The standard InChI is InChI=1S/C18H14BrClN2O3S/c19-11-1-7-14(8-2-11)22-17(24)9-15(18(22)25)26-10-16(23)21-13-5-3-12(20)4-6-13/h1-8,15H,9-10H2,(H,21,23). The number of rotatable bonds is 5. The van der Waals surface area contributed by atoms with E-state index >= 15 is 0 Å². The summed E-state index contributed by atoms with van der Waals surface area (Å²) in [4.78, 5) is 38.0. The molecule has 8 heteroatoms. The zero-order valence-corrected chi connectivity index (χ0v) is 16.6. The largest absolute Gasteiger partial charge is 0.325 e. The minimum atomic E-state index is -0.554. The van der Waals surface area contributed by atoms with E-state index in [1.807, 2.05) is 0 Å². The highest BCUT2D eigenvalue weighted by Gasteiger charge is 2.40. The van der Waals surface area contributed by atoms with Crippen LogP contribution in [-0.4, -0.2) is 28.7 Å². The number of halogens is 2. The summed E-state index contributed by atoms with van der Waals surface area (Å²) in [6.07, 6.45) is 0.0911. The molecule has 0 aliphatic carbocycles. The van der Waals surface area contributed by atoms with E-state index in [1.165, 1.54) is 16.7 Å². The predicted octanol–water partition coefficient (Wildman–Crippen LogP) is 4.11. The highest BCUT2D eigenvalue weighted by atomic mass is 79.9. The fourth-order valence-electron chi connectivity index (χ4n) is 2.50. The molecule has 0 aromatic heterocycles. The van der Waals surface area contributed by atoms with Crippen molar-refractivity contribution in [3.63, 3.8) is 0 Å². The molecule has 1 heterocycles. The average Bonchev–Trinajstić information content (AvgIpc) is 2.90. The van der Waals surface area contributed by atoms with Crippen molar-refractivity contribution < 1.29 is 14.4 Å². The number of benzene rings is 2. The van der Waals surface area contributed by atoms with Gasteiger partial charge in [0, 0.05) is 21.6 Å². The summed E-state index contributed by atoms with van der Waals surface area (Å²) < 4.78 is 0.866. The SMILES string of the molecule is O=C(CSC1CC(=O)N(c2ccc(Br)cc2)C1=O)Nc1ccc(Cl)cc1. The average molecular weight is 454 g/mol. The number of hydrogen-bond donors (Lipinski definition) is 1. The Morgan fingerprint density at radius 1 is 1.15 bits per heavy atom. The molecule has 3 amide bonds. The molecule has 1 unspecified atom stereocenters. The molecular weight excluding hydrogens is 440 g/mol. The summed E-state index contributed by atoms with van der Waals surface area (Å²) in [6, 6.07) is 13.7. The van der Waals surface area contributed by atoms with E-state index in [9.17, 15) is 14.4 Å². The van der Waals surface area contributed by atoms with Gasteiger partial charge in [-0.2, -0.15) is 0 Å². The van der Waals surface area contributed by atoms with Crippen LogP contribution in [0.15, 0.2) is 53.0 Å². The Balaban J connectivity index is 1.57. The second-order valence-corrected chi connectivity index (χ2v) is 8.15. The molecule has 1 aliphatic heterocycles. The van der Waals surface area contributed by atoms with E-state index < -0.39 is 5.25 Å². The maximum absolute atomic E-state index is 12.5. The summed E-state index contributed by atoms with van der Waals surface area (Å²) in [7, 11) is 0. The van der Waals surface area contributed by atoms with Crippen LogP contribution < -0.4 is 10.2 Å². The number of carbonyl (C=O) groups excluding carboxylic acids is 3. The lowest BCUT2D eigenvalue weighted by molar-refractivity contribution is -0.121. The zero-order chi connectivity index (χ0) is 18.7. The molecule has 2 aromatic carbocycles. The molecular formula is C18H14BrClN2O3S. The van der Waals surface area contributed by atoms with Gasteiger partial charge in [-0.15, -0.1) is 11.8 Å². The molecule has 3 rings (SSSR count). The Morgan fingerprint density at radius 3 is 2.46 bits per heavy atom. The van der Waals surface area contributed by atoms with Gasteiger partial charge in [0.1, 0.15) is 0 Å². The van der Waals surface area contributed by atoms with Crippen molar-refractivity contribution >= 4 is 68.4 Å². The number of imide groups is 1. The van der Waals surface area contributed by atoms with Crippen LogP contribution in [0.4, 0.5) is 11.4 Å². The minimum absolute atomic E-state index is 0.0838. The second kappa shape index (κ2) is 8.24. The Labute approximate surface area is 168 Å². The highest BCUT2D eigenvalue weighted by Crippen LogP contribution is 2.30. The first-order valence-corrected chi connectivity index (χ1v) is 9.95. The van der Waals surface area contributed by atoms with E-state index in [4.69, 9.17) is 11.6 Å². The van der Waals surface area contributed by atoms with Gasteiger partial charge in [0.05, 0.1) is 16.7 Å². The van der Waals surface area contributed by atoms with Crippen LogP contribution in [0, 0.1) is 0 Å². The third kappa shape index (κ3) is 4.47. The Morgan fingerprint density at radius 2 is 1.81 bits per heavy atom. The van der Waals surface area contributed by atoms with Crippen molar-refractivity contribution in [3.05, 3.63) is 58.0 Å². The van der Waals surface area contributed by atoms with E-state index in [2.05, 4.69) is 21.2 Å². The number of nitrogens with one attached hydrogen (secondary N) is 1. The Hall–Kier alpha value is -1.83. The Bertz CT molecular complexity index is 843. The van der Waals surface area contributed by atoms with Crippen molar-refractivity contribution in [2.24, 2.45) is 0 Å². The molecule has 0 saturated carbocycles. The van der Waals surface area contributed by atoms with Crippen LogP contribution in [0.1, 0.15) is 6.42 Å². The molecule has 5 nitrogen and oxygen atoms in total. The number of amides is 3. The number of thioether (sulfide) groups is 1. The topological polar surface area (TPSA) is 66.5 Å². The van der Waals surface area contributed by atoms with Crippen molar-refractivity contribution in [1.82, 2.24) is 0 Å². The van der Waals surface area contributed by atoms with Crippen molar-refractivity contribution in [2.45, 2.75) is 11.7 Å². The lowest BCUT2D eigenvalue weighted by Gasteiger charge is -2.15. The smallest absolute Gasteiger partial charge is 0.247 e. The first kappa shape index (κ1) is 18.9. The first-order chi connectivity index (χ1) is 12.4. The fourth-order valence-corrected chi connectivity index (χ4v) is 3.83. The van der Waals surface area contributed by atoms with Gasteiger partial charge < -0.3 is 5.32 Å². The molecule has 1 atom stereocenters. The van der Waals surface area contributed by atoms with Gasteiger partial charge in [-0.05, 0) is 48.5 Å². The Kier molecular flexibility index (Phi) is 6.01. The normalized spacial score (nSPS) is 16.8. The van der Waals surface area contributed by atoms with Crippen LogP contribution in [-0.2, 0) is 14.4 Å². The lowest BCUT2D eigenvalue weighted by atomic mass is 10.3. The third-order valence-corrected chi connectivity index (χ3v) is 5.71. The summed E-state index contributed by atoms with van der Waals surface area (Å²) in [6.45, 7) is 0. The van der Waals surface area contributed by atoms with Gasteiger partial charge in [0.2, 0.25) is 17.7 Å². The molecule has 1 fully saturated rings. The predicted molar refractivity (Wildman–Crippen MR) is 108 cm³/mol. The summed E-state index contributed by atoms with van der Waals surface area (Å²) in [5.41, 5.74) is 1.17. The molecule has 0 spiro atoms. The number of hydrogen-bond acceptors (Lipinski definition) is 4. The third-order valence-electron chi connectivity index (χ3n) is 3.73. The number of nitrogens with zero attached hydrogens (tertiary/aromatic N) is 1. The van der Waals surface area contributed by atoms with Crippen molar-refractivity contribution in [1.29, 1.82) is 0 Å². The van der Waals surface area contributed by atoms with Gasteiger partial charge in [0.25, 0.3) is 0 Å². The minimum Gasteiger partial charge on any atom is -0.325 e. The maximum Gasteiger partial charge on any atom is 0.247 e. The molecule has 0 radical (unpaired) electrons. The van der Waals surface area contributed by atoms with Crippen molar-refractivity contribution in [2.75, 3.05) is 16.0 Å². The molecule has 1 aliphatic rings. The van der Waals surface area contributed by atoms with E-state index in [0.717, 1.165) is 4.47 Å². The summed E-state index contributed by atoms with van der Waals surface area (Å²) in [5.74, 6) is -0.699. The van der Waals surface area contributed by atoms with Gasteiger partial charge in [0.15, 0.2) is 0 Å². The number of anilines is 2. The van der Waals surface area contributed by atoms with Crippen LogP contribution >= 0.6 is 39.3 Å². The summed E-state index contributed by atoms with van der Waals surface area (Å²) in [5, 5.41) is 2.76. The molecule has 2 aromatic rings. The monoisotopic (exact) mass is 452 g/mol. The molecule has 0 bridgehead atoms. The highest BCUT2D eigenvalue weighted by molar-refractivity contribution is 9.10. The number of carbonyl (C=O) groups is 3. The molecule has 1 saturated heterocycles. The second-order valence-electron chi connectivity index (χ2n) is 5.60. The van der Waals surface area contributed by atoms with Gasteiger partial charge >= 0.3 is 0 Å².